The van der Waals surface area contributed by atoms with Crippen LogP contribution >= 0.6 is 23.2 Å². The molecule has 1 N–H and O–H groups in total. The van der Waals surface area contributed by atoms with Gasteiger partial charge >= 0.3 is 0 Å². The lowest BCUT2D eigenvalue weighted by Crippen LogP contribution is -2.23. The molecular formula is C18H16Cl2N4O4S. The molecule has 0 unspecified atom stereocenters. The summed E-state index contributed by atoms with van der Waals surface area (Å²) in [6.45, 7) is -0.360. The Labute approximate surface area is 177 Å². The summed E-state index contributed by atoms with van der Waals surface area (Å²) in [5.41, 5.74) is 0.767. The minimum atomic E-state index is -3.61. The van der Waals surface area contributed by atoms with Crippen molar-refractivity contribution in [2.45, 2.75) is 4.90 Å². The Kier molecular flexibility index (Phi) is 6.23. The summed E-state index contributed by atoms with van der Waals surface area (Å²) >= 11 is 12.1. The quantitative estimate of drug-likeness (QED) is 0.613. The highest BCUT2D eigenvalue weighted by atomic mass is 35.5. The average molecular weight is 455 g/mol. The highest BCUT2D eigenvalue weighted by molar-refractivity contribution is 7.89. The van der Waals surface area contributed by atoms with Gasteiger partial charge in [0, 0.05) is 24.8 Å². The van der Waals surface area contributed by atoms with Crippen LogP contribution in [0.1, 0.15) is 0 Å². The molecule has 3 aromatic rings. The molecule has 1 heterocycles. The summed E-state index contributed by atoms with van der Waals surface area (Å²) in [5, 5.41) is 3.78. The van der Waals surface area contributed by atoms with Crippen LogP contribution in [0.25, 0.3) is 10.9 Å². The molecular weight excluding hydrogens is 439 g/mol. The van der Waals surface area contributed by atoms with Crippen molar-refractivity contribution in [3.05, 3.63) is 52.8 Å². The number of fused-ring (bicyclic) bond motifs is 1. The van der Waals surface area contributed by atoms with Gasteiger partial charge in [0.2, 0.25) is 15.9 Å². The third kappa shape index (κ3) is 4.76. The number of nitrogens with one attached hydrogen (secondary N) is 1. The van der Waals surface area contributed by atoms with Crippen LogP contribution in [0.3, 0.4) is 0 Å². The van der Waals surface area contributed by atoms with Gasteiger partial charge in [0.05, 0.1) is 20.8 Å². The highest BCUT2D eigenvalue weighted by Gasteiger charge is 2.18. The Morgan fingerprint density at radius 2 is 1.93 bits per heavy atom. The molecule has 3 rings (SSSR count). The molecule has 0 radical (unpaired) electrons. The number of ether oxygens (including phenoxy) is 1. The van der Waals surface area contributed by atoms with E-state index in [0.29, 0.717) is 26.6 Å². The van der Waals surface area contributed by atoms with Crippen molar-refractivity contribution in [3.8, 4) is 5.88 Å². The maximum atomic E-state index is 12.3. The van der Waals surface area contributed by atoms with Gasteiger partial charge in [-0.15, -0.1) is 0 Å². The molecule has 0 saturated carbocycles. The maximum Gasteiger partial charge on any atom is 0.262 e. The molecule has 11 heteroatoms. The number of rotatable bonds is 6. The summed E-state index contributed by atoms with van der Waals surface area (Å²) in [5.74, 6) is -0.345. The molecule has 0 aliphatic heterocycles. The minimum Gasteiger partial charge on any atom is -0.467 e. The van der Waals surface area contributed by atoms with Gasteiger partial charge in [-0.05, 0) is 30.3 Å². The van der Waals surface area contributed by atoms with E-state index < -0.39 is 15.9 Å². The van der Waals surface area contributed by atoms with Gasteiger partial charge in [-0.1, -0.05) is 29.3 Å². The van der Waals surface area contributed by atoms with Crippen molar-refractivity contribution in [3.63, 3.8) is 0 Å². The van der Waals surface area contributed by atoms with Crippen LogP contribution in [0.2, 0.25) is 10.0 Å². The molecule has 0 saturated heterocycles. The molecule has 0 fully saturated rings. The highest BCUT2D eigenvalue weighted by Crippen LogP contribution is 2.30. The van der Waals surface area contributed by atoms with Crippen molar-refractivity contribution in [1.29, 1.82) is 0 Å². The fourth-order valence-corrected chi connectivity index (χ4v) is 3.95. The monoisotopic (exact) mass is 454 g/mol. The summed E-state index contributed by atoms with van der Waals surface area (Å²) in [7, 11) is -0.755. The van der Waals surface area contributed by atoms with Crippen molar-refractivity contribution in [2.24, 2.45) is 0 Å². The Hall–Kier alpha value is -2.46. The topological polar surface area (TPSA) is 101 Å². The van der Waals surface area contributed by atoms with E-state index in [2.05, 4.69) is 15.3 Å². The molecule has 2 aromatic carbocycles. The third-order valence-electron chi connectivity index (χ3n) is 3.86. The first-order chi connectivity index (χ1) is 13.7. The van der Waals surface area contributed by atoms with Gasteiger partial charge in [0.25, 0.3) is 5.91 Å². The van der Waals surface area contributed by atoms with Crippen molar-refractivity contribution >= 4 is 55.7 Å². The average Bonchev–Trinajstić information content (AvgIpc) is 2.66. The van der Waals surface area contributed by atoms with Crippen LogP contribution in [0.5, 0.6) is 5.88 Å². The summed E-state index contributed by atoms with van der Waals surface area (Å²) in [6.07, 6.45) is 1.27. The minimum absolute atomic E-state index is 0.0623. The zero-order valence-electron chi connectivity index (χ0n) is 15.4. The van der Waals surface area contributed by atoms with Crippen LogP contribution in [0.4, 0.5) is 5.69 Å². The second kappa shape index (κ2) is 8.50. The predicted molar refractivity (Wildman–Crippen MR) is 111 cm³/mol. The summed E-state index contributed by atoms with van der Waals surface area (Å²) in [6, 6.07) is 9.06. The van der Waals surface area contributed by atoms with E-state index in [0.717, 1.165) is 4.31 Å². The van der Waals surface area contributed by atoms with Crippen molar-refractivity contribution in [2.75, 3.05) is 26.0 Å². The molecule has 1 aromatic heterocycles. The van der Waals surface area contributed by atoms with E-state index in [1.54, 1.807) is 18.2 Å². The number of halogens is 2. The van der Waals surface area contributed by atoms with E-state index in [4.69, 9.17) is 27.9 Å². The molecule has 0 spiro atoms. The SMILES string of the molecule is CN(C)S(=O)(=O)c1cccc(NC(=O)COc2ncnc3c(Cl)cc(Cl)cc23)c1. The number of nitrogens with zero attached hydrogens (tertiary/aromatic N) is 3. The lowest BCUT2D eigenvalue weighted by molar-refractivity contribution is -0.118. The van der Waals surface area contributed by atoms with Gasteiger partial charge in [-0.3, -0.25) is 4.79 Å². The Balaban J connectivity index is 1.74. The second-order valence-corrected chi connectivity index (χ2v) is 9.11. The molecule has 0 aliphatic rings. The van der Waals surface area contributed by atoms with Crippen LogP contribution in [-0.2, 0) is 14.8 Å². The fourth-order valence-electron chi connectivity index (χ4n) is 2.46. The first-order valence-electron chi connectivity index (χ1n) is 8.23. The predicted octanol–water partition coefficient (Wildman–Crippen LogP) is 3.20. The molecule has 0 aliphatic carbocycles. The maximum absolute atomic E-state index is 12.3. The van der Waals surface area contributed by atoms with Crippen molar-refractivity contribution < 1.29 is 17.9 Å². The van der Waals surface area contributed by atoms with E-state index in [-0.39, 0.29) is 17.4 Å². The molecule has 0 atom stereocenters. The number of aromatic nitrogens is 2. The fraction of sp³-hybridized carbons (Fsp3) is 0.167. The number of hydrogen-bond acceptors (Lipinski definition) is 6. The normalized spacial score (nSPS) is 11.6. The Morgan fingerprint density at radius 1 is 1.17 bits per heavy atom. The Morgan fingerprint density at radius 3 is 2.66 bits per heavy atom. The van der Waals surface area contributed by atoms with Crippen molar-refractivity contribution in [1.82, 2.24) is 14.3 Å². The van der Waals surface area contributed by atoms with Gasteiger partial charge in [0.1, 0.15) is 6.33 Å². The van der Waals surface area contributed by atoms with Crippen LogP contribution in [0, 0.1) is 0 Å². The van der Waals surface area contributed by atoms with Gasteiger partial charge < -0.3 is 10.1 Å². The van der Waals surface area contributed by atoms with Gasteiger partial charge in [0.15, 0.2) is 6.61 Å². The number of amides is 1. The Bertz CT molecular complexity index is 1190. The largest absolute Gasteiger partial charge is 0.467 e. The molecule has 8 nitrogen and oxygen atoms in total. The number of hydrogen-bond donors (Lipinski definition) is 1. The smallest absolute Gasteiger partial charge is 0.262 e. The second-order valence-electron chi connectivity index (χ2n) is 6.11. The van der Waals surface area contributed by atoms with Crippen LogP contribution in [-0.4, -0.2) is 49.3 Å². The number of anilines is 1. The first-order valence-corrected chi connectivity index (χ1v) is 10.4. The van der Waals surface area contributed by atoms with E-state index >= 15 is 0 Å². The molecule has 152 valence electrons. The first kappa shape index (κ1) is 21.3. The van der Waals surface area contributed by atoms with Gasteiger partial charge in [-0.2, -0.15) is 0 Å². The lowest BCUT2D eigenvalue weighted by atomic mass is 10.2. The number of carbonyl (C=O) groups is 1. The molecule has 1 amide bonds. The molecule has 0 bridgehead atoms. The summed E-state index contributed by atoms with van der Waals surface area (Å²) < 4.78 is 31.0. The number of carbonyl (C=O) groups excluding carboxylic acids is 1. The van der Waals surface area contributed by atoms with Gasteiger partial charge in [-0.25, -0.2) is 22.7 Å². The van der Waals surface area contributed by atoms with Crippen LogP contribution < -0.4 is 10.1 Å². The molecule has 29 heavy (non-hydrogen) atoms. The zero-order chi connectivity index (χ0) is 21.2. The summed E-state index contributed by atoms with van der Waals surface area (Å²) in [4.78, 5) is 20.4. The van der Waals surface area contributed by atoms with E-state index in [1.807, 2.05) is 0 Å². The van der Waals surface area contributed by atoms with E-state index in [1.165, 1.54) is 38.6 Å². The lowest BCUT2D eigenvalue weighted by Gasteiger charge is -2.13. The number of sulfonamides is 1. The standard InChI is InChI=1S/C18H16Cl2N4O4S/c1-24(2)29(26,27)13-5-3-4-12(8-13)23-16(25)9-28-18-14-6-11(19)7-15(20)17(14)21-10-22-18/h3-8,10H,9H2,1-2H3,(H,23,25). The van der Waals surface area contributed by atoms with E-state index in [9.17, 15) is 13.2 Å². The number of benzene rings is 2. The van der Waals surface area contributed by atoms with Crippen LogP contribution in [0.15, 0.2) is 47.6 Å². The zero-order valence-corrected chi connectivity index (χ0v) is 17.7. The third-order valence-corrected chi connectivity index (χ3v) is 6.17.